The van der Waals surface area contributed by atoms with Gasteiger partial charge in [-0.25, -0.2) is 8.42 Å². The van der Waals surface area contributed by atoms with Gasteiger partial charge in [-0.15, -0.1) is 0 Å². The minimum Gasteiger partial charge on any atom is -0.389 e. The molecule has 0 heterocycles. The Morgan fingerprint density at radius 1 is 1.42 bits per heavy atom. The van der Waals surface area contributed by atoms with Crippen molar-refractivity contribution in [3.63, 3.8) is 0 Å². The van der Waals surface area contributed by atoms with Crippen LogP contribution in [0.25, 0.3) is 0 Å². The fourth-order valence-electron chi connectivity index (χ4n) is 1.66. The van der Waals surface area contributed by atoms with Gasteiger partial charge in [0.25, 0.3) is 0 Å². The van der Waals surface area contributed by atoms with Crippen LogP contribution in [0.15, 0.2) is 23.1 Å². The number of hydrogen-bond acceptors (Lipinski definition) is 4. The third-order valence-corrected chi connectivity index (χ3v) is 4.71. The van der Waals surface area contributed by atoms with Crippen molar-refractivity contribution in [1.29, 1.82) is 0 Å². The lowest BCUT2D eigenvalue weighted by Crippen LogP contribution is -2.39. The second kappa shape index (κ2) is 5.76. The van der Waals surface area contributed by atoms with Crippen LogP contribution in [0.2, 0.25) is 5.02 Å². The number of aliphatic hydroxyl groups is 1. The van der Waals surface area contributed by atoms with Gasteiger partial charge >= 0.3 is 0 Å². The quantitative estimate of drug-likeness (QED) is 0.856. The van der Waals surface area contributed by atoms with Crippen LogP contribution in [0, 0.1) is 0 Å². The molecule has 0 spiro atoms. The first-order valence-corrected chi connectivity index (χ1v) is 7.57. The van der Waals surface area contributed by atoms with Crippen molar-refractivity contribution in [3.8, 4) is 0 Å². The topological polar surface area (TPSA) is 83.6 Å². The van der Waals surface area contributed by atoms with E-state index in [4.69, 9.17) is 17.3 Å². The van der Waals surface area contributed by atoms with Gasteiger partial charge in [0.2, 0.25) is 10.0 Å². The molecule has 0 amide bonds. The molecule has 5 nitrogen and oxygen atoms in total. The third kappa shape index (κ3) is 4.15. The summed E-state index contributed by atoms with van der Waals surface area (Å²) in [6, 6.07) is 4.43. The van der Waals surface area contributed by atoms with Gasteiger partial charge in [0.1, 0.15) is 0 Å². The molecule has 108 valence electrons. The number of nitrogens with two attached hydrogens (primary N) is 1. The van der Waals surface area contributed by atoms with Crippen molar-refractivity contribution in [2.75, 3.05) is 13.6 Å². The Labute approximate surface area is 119 Å². The van der Waals surface area contributed by atoms with Crippen molar-refractivity contribution >= 4 is 21.6 Å². The largest absolute Gasteiger partial charge is 0.389 e. The molecule has 0 unspecified atom stereocenters. The first-order valence-electron chi connectivity index (χ1n) is 5.75. The molecule has 0 aliphatic rings. The predicted octanol–water partition coefficient (Wildman–Crippen LogP) is 1.19. The van der Waals surface area contributed by atoms with Gasteiger partial charge in [0.15, 0.2) is 0 Å². The molecule has 0 atom stereocenters. The van der Waals surface area contributed by atoms with E-state index in [2.05, 4.69) is 0 Å². The molecule has 0 aliphatic carbocycles. The summed E-state index contributed by atoms with van der Waals surface area (Å²) in [7, 11) is -2.26. The minimum atomic E-state index is -3.67. The van der Waals surface area contributed by atoms with E-state index in [1.807, 2.05) is 0 Å². The lowest BCUT2D eigenvalue weighted by atomic mass is 10.1. The van der Waals surface area contributed by atoms with Crippen LogP contribution in [-0.2, 0) is 16.6 Å². The molecular weight excluding hydrogens is 288 g/mol. The SMILES string of the molecule is CN(CC(C)(C)O)S(=O)(=O)c1ccc(CN)c(Cl)c1. The Kier molecular flexibility index (Phi) is 4.97. The Balaban J connectivity index is 3.10. The Morgan fingerprint density at radius 2 is 2.00 bits per heavy atom. The zero-order chi connectivity index (χ0) is 14.8. The van der Waals surface area contributed by atoms with Gasteiger partial charge < -0.3 is 10.8 Å². The lowest BCUT2D eigenvalue weighted by molar-refractivity contribution is 0.0640. The summed E-state index contributed by atoms with van der Waals surface area (Å²) >= 11 is 5.96. The summed E-state index contributed by atoms with van der Waals surface area (Å²) in [4.78, 5) is 0.0847. The monoisotopic (exact) mass is 306 g/mol. The fraction of sp³-hybridized carbons (Fsp3) is 0.500. The van der Waals surface area contributed by atoms with E-state index in [1.54, 1.807) is 19.9 Å². The normalized spacial score (nSPS) is 13.0. The number of benzene rings is 1. The number of hydrogen-bond donors (Lipinski definition) is 2. The van der Waals surface area contributed by atoms with E-state index in [0.29, 0.717) is 10.6 Å². The number of likely N-dealkylation sites (N-methyl/N-ethyl adjacent to an activating group) is 1. The molecule has 0 saturated carbocycles. The maximum atomic E-state index is 12.3. The zero-order valence-corrected chi connectivity index (χ0v) is 12.8. The van der Waals surface area contributed by atoms with Crippen LogP contribution in [0.5, 0.6) is 0 Å². The summed E-state index contributed by atoms with van der Waals surface area (Å²) in [5, 5.41) is 10.0. The molecule has 0 aromatic heterocycles. The Bertz CT molecular complexity index is 553. The van der Waals surface area contributed by atoms with Crippen LogP contribution in [0.3, 0.4) is 0 Å². The van der Waals surface area contributed by atoms with E-state index in [1.165, 1.54) is 19.2 Å². The average molecular weight is 307 g/mol. The fourth-order valence-corrected chi connectivity index (χ4v) is 3.34. The molecular formula is C12H19ClN2O3S. The van der Waals surface area contributed by atoms with E-state index >= 15 is 0 Å². The molecule has 0 radical (unpaired) electrons. The lowest BCUT2D eigenvalue weighted by Gasteiger charge is -2.25. The predicted molar refractivity (Wildman–Crippen MR) is 75.5 cm³/mol. The van der Waals surface area contributed by atoms with Crippen molar-refractivity contribution < 1.29 is 13.5 Å². The van der Waals surface area contributed by atoms with Gasteiger partial charge in [0, 0.05) is 25.2 Å². The highest BCUT2D eigenvalue weighted by Crippen LogP contribution is 2.23. The number of sulfonamides is 1. The van der Waals surface area contributed by atoms with Gasteiger partial charge in [0.05, 0.1) is 10.5 Å². The summed E-state index contributed by atoms with van der Waals surface area (Å²) in [6.45, 7) is 3.33. The molecule has 0 aliphatic heterocycles. The molecule has 1 aromatic carbocycles. The van der Waals surface area contributed by atoms with Crippen molar-refractivity contribution in [3.05, 3.63) is 28.8 Å². The van der Waals surface area contributed by atoms with Gasteiger partial charge in [-0.2, -0.15) is 4.31 Å². The first-order chi connectivity index (χ1) is 8.58. The summed E-state index contributed by atoms with van der Waals surface area (Å²) in [5.41, 5.74) is 5.05. The van der Waals surface area contributed by atoms with Crippen molar-refractivity contribution in [1.82, 2.24) is 4.31 Å². The first kappa shape index (κ1) is 16.4. The smallest absolute Gasteiger partial charge is 0.242 e. The van der Waals surface area contributed by atoms with Crippen LogP contribution >= 0.6 is 11.6 Å². The molecule has 7 heteroatoms. The summed E-state index contributed by atoms with van der Waals surface area (Å²) in [5.74, 6) is 0. The van der Waals surface area contributed by atoms with Gasteiger partial charge in [-0.05, 0) is 31.5 Å². The van der Waals surface area contributed by atoms with E-state index in [-0.39, 0.29) is 18.0 Å². The molecule has 19 heavy (non-hydrogen) atoms. The summed E-state index contributed by atoms with van der Waals surface area (Å²) < 4.78 is 25.7. The van der Waals surface area contributed by atoms with Crippen molar-refractivity contribution in [2.24, 2.45) is 5.73 Å². The standard InChI is InChI=1S/C12H19ClN2O3S/c1-12(2,16)8-15(3)19(17,18)10-5-4-9(7-14)11(13)6-10/h4-6,16H,7-8,14H2,1-3H3. The van der Waals surface area contributed by atoms with E-state index in [9.17, 15) is 13.5 Å². The number of nitrogens with zero attached hydrogens (tertiary/aromatic N) is 1. The molecule has 0 bridgehead atoms. The highest BCUT2D eigenvalue weighted by Gasteiger charge is 2.26. The molecule has 1 rings (SSSR count). The molecule has 0 fully saturated rings. The third-order valence-electron chi connectivity index (χ3n) is 2.56. The van der Waals surface area contributed by atoms with Crippen LogP contribution in [0.1, 0.15) is 19.4 Å². The second-order valence-electron chi connectivity index (χ2n) is 5.03. The zero-order valence-electron chi connectivity index (χ0n) is 11.2. The van der Waals surface area contributed by atoms with Gasteiger partial charge in [-0.3, -0.25) is 0 Å². The van der Waals surface area contributed by atoms with Crippen LogP contribution < -0.4 is 5.73 Å². The molecule has 0 saturated heterocycles. The molecule has 3 N–H and O–H groups in total. The van der Waals surface area contributed by atoms with E-state index in [0.717, 1.165) is 4.31 Å². The van der Waals surface area contributed by atoms with E-state index < -0.39 is 15.6 Å². The van der Waals surface area contributed by atoms with Gasteiger partial charge in [-0.1, -0.05) is 17.7 Å². The van der Waals surface area contributed by atoms with Crippen LogP contribution in [0.4, 0.5) is 0 Å². The maximum absolute atomic E-state index is 12.3. The maximum Gasteiger partial charge on any atom is 0.242 e. The summed E-state index contributed by atoms with van der Waals surface area (Å²) in [6.07, 6.45) is 0. The van der Waals surface area contributed by atoms with Crippen molar-refractivity contribution in [2.45, 2.75) is 30.9 Å². The number of rotatable bonds is 5. The minimum absolute atomic E-state index is 0.00834. The number of halogens is 1. The highest BCUT2D eigenvalue weighted by molar-refractivity contribution is 7.89. The Morgan fingerprint density at radius 3 is 2.42 bits per heavy atom. The highest BCUT2D eigenvalue weighted by atomic mass is 35.5. The second-order valence-corrected chi connectivity index (χ2v) is 7.48. The average Bonchev–Trinajstić information content (AvgIpc) is 2.26. The Hall–Kier alpha value is -0.660. The van der Waals surface area contributed by atoms with Crippen LogP contribution in [-0.4, -0.2) is 37.0 Å². The molecule has 1 aromatic rings.